The molecule has 168 valence electrons. The quantitative estimate of drug-likeness (QED) is 0.333. The number of hydrogen-bond donors (Lipinski definition) is 2. The Balaban J connectivity index is 1.53. The number of para-hydroxylation sites is 2. The van der Waals surface area contributed by atoms with Gasteiger partial charge >= 0.3 is 0 Å². The standard InChI is InChI=1S/C26H17ClN2O5/c1-14-5-4-7-17-19(30)13-21(34-23(14)17)25(31)29-22-18-6-2-3-8-20(18)33-24(22)26(32)28-16-11-9-15(27)10-12-16/h2-13H,1H3,(H,28,32)(H,29,31). The van der Waals surface area contributed by atoms with Gasteiger partial charge in [-0.3, -0.25) is 14.4 Å². The van der Waals surface area contributed by atoms with Gasteiger partial charge in [0.05, 0.1) is 5.39 Å². The molecule has 0 spiro atoms. The molecule has 0 aliphatic carbocycles. The third-order valence-corrected chi connectivity index (χ3v) is 5.57. The highest BCUT2D eigenvalue weighted by molar-refractivity contribution is 6.30. The van der Waals surface area contributed by atoms with Crippen LogP contribution in [0.5, 0.6) is 0 Å². The number of halogens is 1. The molecule has 3 aromatic carbocycles. The molecule has 0 fully saturated rings. The molecule has 0 aliphatic heterocycles. The number of carbonyl (C=O) groups is 2. The van der Waals surface area contributed by atoms with Crippen LogP contribution in [0.4, 0.5) is 11.4 Å². The predicted molar refractivity (Wildman–Crippen MR) is 131 cm³/mol. The van der Waals surface area contributed by atoms with Gasteiger partial charge in [0, 0.05) is 22.2 Å². The normalized spacial score (nSPS) is 11.0. The first-order valence-corrected chi connectivity index (χ1v) is 10.7. The monoisotopic (exact) mass is 472 g/mol. The summed E-state index contributed by atoms with van der Waals surface area (Å²) < 4.78 is 11.5. The minimum Gasteiger partial charge on any atom is -0.450 e. The first-order valence-electron chi connectivity index (χ1n) is 10.3. The van der Waals surface area contributed by atoms with Crippen molar-refractivity contribution in [3.63, 3.8) is 0 Å². The largest absolute Gasteiger partial charge is 0.450 e. The minimum atomic E-state index is -0.686. The summed E-state index contributed by atoms with van der Waals surface area (Å²) in [6.07, 6.45) is 0. The van der Waals surface area contributed by atoms with Crippen LogP contribution in [-0.2, 0) is 0 Å². The van der Waals surface area contributed by atoms with Crippen molar-refractivity contribution < 1.29 is 18.4 Å². The first kappa shape index (κ1) is 21.5. The van der Waals surface area contributed by atoms with Gasteiger partial charge in [-0.05, 0) is 55.0 Å². The van der Waals surface area contributed by atoms with E-state index in [-0.39, 0.29) is 22.6 Å². The van der Waals surface area contributed by atoms with Crippen molar-refractivity contribution in [2.75, 3.05) is 10.6 Å². The summed E-state index contributed by atoms with van der Waals surface area (Å²) in [7, 11) is 0. The summed E-state index contributed by atoms with van der Waals surface area (Å²) in [5.41, 5.74) is 1.80. The highest BCUT2D eigenvalue weighted by atomic mass is 35.5. The summed E-state index contributed by atoms with van der Waals surface area (Å²) >= 11 is 5.91. The lowest BCUT2D eigenvalue weighted by Crippen LogP contribution is -2.18. The summed E-state index contributed by atoms with van der Waals surface area (Å²) in [6.45, 7) is 1.79. The molecule has 0 bridgehead atoms. The molecule has 0 saturated carbocycles. The van der Waals surface area contributed by atoms with E-state index < -0.39 is 11.8 Å². The average Bonchev–Trinajstić information content (AvgIpc) is 3.19. The first-order chi connectivity index (χ1) is 16.4. The third kappa shape index (κ3) is 3.93. The maximum absolute atomic E-state index is 13.1. The van der Waals surface area contributed by atoms with E-state index in [9.17, 15) is 14.4 Å². The molecule has 2 N–H and O–H groups in total. The Bertz CT molecular complexity index is 1630. The van der Waals surface area contributed by atoms with Crippen LogP contribution >= 0.6 is 11.6 Å². The van der Waals surface area contributed by atoms with Gasteiger partial charge in [0.2, 0.25) is 5.76 Å². The van der Waals surface area contributed by atoms with Crippen molar-refractivity contribution in [1.29, 1.82) is 0 Å². The van der Waals surface area contributed by atoms with Crippen molar-refractivity contribution in [2.24, 2.45) is 0 Å². The SMILES string of the molecule is Cc1cccc2c(=O)cc(C(=O)Nc3c(C(=O)Nc4ccc(Cl)cc4)oc4ccccc34)oc12. The van der Waals surface area contributed by atoms with Crippen molar-refractivity contribution in [3.05, 3.63) is 105 Å². The number of rotatable bonds is 4. The Morgan fingerprint density at radius 2 is 1.56 bits per heavy atom. The van der Waals surface area contributed by atoms with Crippen LogP contribution in [0.1, 0.15) is 26.7 Å². The number of benzene rings is 3. The summed E-state index contributed by atoms with van der Waals surface area (Å²) in [6, 6.07) is 19.8. The number of nitrogens with one attached hydrogen (secondary N) is 2. The molecule has 2 amide bonds. The molecule has 0 atom stereocenters. The molecule has 0 radical (unpaired) electrons. The lowest BCUT2D eigenvalue weighted by molar-refractivity contribution is 0.0996. The maximum Gasteiger partial charge on any atom is 0.293 e. The topological polar surface area (TPSA) is 102 Å². The molecule has 34 heavy (non-hydrogen) atoms. The molecule has 0 saturated heterocycles. The van der Waals surface area contributed by atoms with Crippen LogP contribution in [0.25, 0.3) is 21.9 Å². The van der Waals surface area contributed by atoms with Crippen LogP contribution in [0.2, 0.25) is 5.02 Å². The van der Waals surface area contributed by atoms with Gasteiger partial charge in [-0.2, -0.15) is 0 Å². The molecule has 2 heterocycles. The van der Waals surface area contributed by atoms with Crippen molar-refractivity contribution in [3.8, 4) is 0 Å². The molecular formula is C26H17ClN2O5. The van der Waals surface area contributed by atoms with Crippen molar-refractivity contribution in [1.82, 2.24) is 0 Å². The second kappa shape index (κ2) is 8.53. The Labute approximate surface area is 197 Å². The zero-order valence-electron chi connectivity index (χ0n) is 17.8. The number of carbonyl (C=O) groups excluding carboxylic acids is 2. The Hall–Kier alpha value is -4.36. The molecule has 0 unspecified atom stereocenters. The van der Waals surface area contributed by atoms with Crippen LogP contribution in [-0.4, -0.2) is 11.8 Å². The number of amides is 2. The lowest BCUT2D eigenvalue weighted by Gasteiger charge is -2.08. The molecule has 5 aromatic rings. The zero-order valence-corrected chi connectivity index (χ0v) is 18.6. The number of fused-ring (bicyclic) bond motifs is 2. The van der Waals surface area contributed by atoms with Gasteiger partial charge in [-0.25, -0.2) is 0 Å². The van der Waals surface area contributed by atoms with E-state index in [1.54, 1.807) is 73.7 Å². The van der Waals surface area contributed by atoms with E-state index in [0.29, 0.717) is 32.6 Å². The van der Waals surface area contributed by atoms with E-state index in [4.69, 9.17) is 20.4 Å². The van der Waals surface area contributed by atoms with Crippen molar-refractivity contribution in [2.45, 2.75) is 6.92 Å². The summed E-state index contributed by atoms with van der Waals surface area (Å²) in [5.74, 6) is -1.52. The molecular weight excluding hydrogens is 456 g/mol. The number of hydrogen-bond acceptors (Lipinski definition) is 5. The van der Waals surface area contributed by atoms with Crippen LogP contribution in [0.3, 0.4) is 0 Å². The zero-order chi connectivity index (χ0) is 23.8. The lowest BCUT2D eigenvalue weighted by atomic mass is 10.1. The predicted octanol–water partition coefficient (Wildman–Crippen LogP) is 6.01. The average molecular weight is 473 g/mol. The van der Waals surface area contributed by atoms with Gasteiger partial charge in [0.1, 0.15) is 16.9 Å². The summed E-state index contributed by atoms with van der Waals surface area (Å²) in [5, 5.41) is 6.85. The molecule has 7 nitrogen and oxygen atoms in total. The van der Waals surface area contributed by atoms with Crippen LogP contribution in [0.15, 0.2) is 86.4 Å². The molecule has 0 aliphatic rings. The fourth-order valence-electron chi connectivity index (χ4n) is 3.66. The number of anilines is 2. The Morgan fingerprint density at radius 3 is 2.35 bits per heavy atom. The van der Waals surface area contributed by atoms with Gasteiger partial charge in [0.15, 0.2) is 11.2 Å². The van der Waals surface area contributed by atoms with Crippen LogP contribution < -0.4 is 16.1 Å². The van der Waals surface area contributed by atoms with E-state index >= 15 is 0 Å². The van der Waals surface area contributed by atoms with Crippen molar-refractivity contribution >= 4 is 56.7 Å². The fraction of sp³-hybridized carbons (Fsp3) is 0.0385. The maximum atomic E-state index is 13.1. The molecule has 8 heteroatoms. The Kier molecular flexibility index (Phi) is 5.39. The highest BCUT2D eigenvalue weighted by Crippen LogP contribution is 2.32. The van der Waals surface area contributed by atoms with Crippen LogP contribution in [0, 0.1) is 6.92 Å². The van der Waals surface area contributed by atoms with E-state index in [1.807, 2.05) is 0 Å². The minimum absolute atomic E-state index is 0.0937. The third-order valence-electron chi connectivity index (χ3n) is 5.32. The molecule has 2 aromatic heterocycles. The second-order valence-corrected chi connectivity index (χ2v) is 8.08. The smallest absolute Gasteiger partial charge is 0.293 e. The summed E-state index contributed by atoms with van der Waals surface area (Å²) in [4.78, 5) is 38.7. The fourth-order valence-corrected chi connectivity index (χ4v) is 3.78. The van der Waals surface area contributed by atoms with Gasteiger partial charge in [0.25, 0.3) is 11.8 Å². The highest BCUT2D eigenvalue weighted by Gasteiger charge is 2.24. The van der Waals surface area contributed by atoms with Gasteiger partial charge in [-0.1, -0.05) is 35.9 Å². The van der Waals surface area contributed by atoms with E-state index in [0.717, 1.165) is 11.6 Å². The van der Waals surface area contributed by atoms with E-state index in [2.05, 4.69) is 10.6 Å². The van der Waals surface area contributed by atoms with Gasteiger partial charge < -0.3 is 19.5 Å². The van der Waals surface area contributed by atoms with E-state index in [1.165, 1.54) is 0 Å². The van der Waals surface area contributed by atoms with Gasteiger partial charge in [-0.15, -0.1) is 0 Å². The number of aryl methyl sites for hydroxylation is 1. The second-order valence-electron chi connectivity index (χ2n) is 7.64. The molecule has 5 rings (SSSR count). The Morgan fingerprint density at radius 1 is 0.824 bits per heavy atom. The number of furan rings is 1.